The number of hydrogen-bond donors (Lipinski definition) is 0. The van der Waals surface area contributed by atoms with Crippen LogP contribution >= 0.6 is 7.60 Å². The smallest absolute Gasteiger partial charge is 0.438 e. The van der Waals surface area contributed by atoms with Crippen LogP contribution < -0.4 is 0 Å². The number of rotatable bonds is 6. The summed E-state index contributed by atoms with van der Waals surface area (Å²) in [5.74, 6) is -1.19. The van der Waals surface area contributed by atoms with Crippen LogP contribution in [0.3, 0.4) is 0 Å². The molecule has 20 heavy (non-hydrogen) atoms. The third kappa shape index (κ3) is 4.49. The van der Waals surface area contributed by atoms with Crippen LogP contribution in [0.2, 0.25) is 0 Å². The van der Waals surface area contributed by atoms with Crippen molar-refractivity contribution in [2.24, 2.45) is 0 Å². The standard InChI is InChI=1S/C13H17O6P/c1-16-13(14)19-12(20(15,17-2)18-3)10-9-11-7-5-4-6-8-11/h4-10,12H,1-3H3/b10-9+. The molecule has 1 unspecified atom stereocenters. The van der Waals surface area contributed by atoms with E-state index < -0.39 is 19.6 Å². The van der Waals surface area contributed by atoms with Crippen LogP contribution in [-0.2, 0) is 23.1 Å². The Morgan fingerprint density at radius 2 is 1.75 bits per heavy atom. The normalized spacial score (nSPS) is 13.2. The van der Waals surface area contributed by atoms with Crippen molar-refractivity contribution in [3.05, 3.63) is 42.0 Å². The highest BCUT2D eigenvalue weighted by Gasteiger charge is 2.35. The van der Waals surface area contributed by atoms with E-state index >= 15 is 0 Å². The van der Waals surface area contributed by atoms with Crippen LogP contribution in [0, 0.1) is 0 Å². The molecule has 1 aromatic rings. The lowest BCUT2D eigenvalue weighted by atomic mass is 10.2. The maximum atomic E-state index is 12.3. The molecule has 0 saturated heterocycles. The Kier molecular flexibility index (Phi) is 6.45. The Labute approximate surface area is 117 Å². The molecule has 0 aliphatic heterocycles. The molecule has 0 bridgehead atoms. The molecule has 0 radical (unpaired) electrons. The summed E-state index contributed by atoms with van der Waals surface area (Å²) in [5, 5.41) is 0. The molecule has 1 rings (SSSR count). The van der Waals surface area contributed by atoms with Crippen molar-refractivity contribution in [2.45, 2.75) is 5.85 Å². The number of carbonyl (C=O) groups excluding carboxylic acids is 1. The molecule has 6 nitrogen and oxygen atoms in total. The molecular formula is C13H17O6P. The van der Waals surface area contributed by atoms with Gasteiger partial charge in [0.1, 0.15) is 0 Å². The lowest BCUT2D eigenvalue weighted by Gasteiger charge is -2.20. The molecule has 0 spiro atoms. The minimum atomic E-state index is -3.61. The Bertz CT molecular complexity index is 491. The Morgan fingerprint density at radius 1 is 1.15 bits per heavy atom. The van der Waals surface area contributed by atoms with E-state index in [1.54, 1.807) is 6.08 Å². The van der Waals surface area contributed by atoms with Gasteiger partial charge in [-0.2, -0.15) is 0 Å². The van der Waals surface area contributed by atoms with Crippen molar-refractivity contribution < 1.29 is 27.9 Å². The van der Waals surface area contributed by atoms with Gasteiger partial charge in [-0.25, -0.2) is 4.79 Å². The third-order valence-corrected chi connectivity index (χ3v) is 4.38. The first-order chi connectivity index (χ1) is 9.55. The van der Waals surface area contributed by atoms with Crippen LogP contribution in [0.1, 0.15) is 5.56 Å². The molecule has 0 aliphatic carbocycles. The number of ether oxygens (including phenoxy) is 2. The van der Waals surface area contributed by atoms with Crippen LogP contribution in [0.25, 0.3) is 6.08 Å². The Hall–Kier alpha value is -1.62. The van der Waals surface area contributed by atoms with Crippen molar-refractivity contribution in [3.63, 3.8) is 0 Å². The fraction of sp³-hybridized carbons (Fsp3) is 0.308. The van der Waals surface area contributed by atoms with E-state index in [2.05, 4.69) is 4.74 Å². The van der Waals surface area contributed by atoms with Crippen LogP contribution in [0.4, 0.5) is 4.79 Å². The van der Waals surface area contributed by atoms with E-state index in [-0.39, 0.29) is 0 Å². The van der Waals surface area contributed by atoms with Crippen molar-refractivity contribution in [2.75, 3.05) is 21.3 Å². The molecule has 1 atom stereocenters. The van der Waals surface area contributed by atoms with Gasteiger partial charge < -0.3 is 18.5 Å². The zero-order chi connectivity index (χ0) is 15.0. The molecule has 0 amide bonds. The van der Waals surface area contributed by atoms with Gasteiger partial charge in [0.25, 0.3) is 0 Å². The largest absolute Gasteiger partial charge is 0.509 e. The molecule has 110 valence electrons. The maximum absolute atomic E-state index is 12.3. The highest BCUT2D eigenvalue weighted by Crippen LogP contribution is 2.52. The van der Waals surface area contributed by atoms with Crippen molar-refractivity contribution in [1.82, 2.24) is 0 Å². The fourth-order valence-electron chi connectivity index (χ4n) is 1.40. The van der Waals surface area contributed by atoms with Gasteiger partial charge >= 0.3 is 13.8 Å². The molecule has 0 aromatic heterocycles. The van der Waals surface area contributed by atoms with Crippen LogP contribution in [-0.4, -0.2) is 33.3 Å². The molecule has 0 aliphatic rings. The second kappa shape index (κ2) is 7.85. The predicted octanol–water partition coefficient (Wildman–Crippen LogP) is 3.29. The van der Waals surface area contributed by atoms with Gasteiger partial charge in [0, 0.05) is 14.2 Å². The zero-order valence-corrected chi connectivity index (χ0v) is 12.4. The van der Waals surface area contributed by atoms with E-state index in [0.717, 1.165) is 12.7 Å². The van der Waals surface area contributed by atoms with Crippen LogP contribution in [0.5, 0.6) is 0 Å². The van der Waals surface area contributed by atoms with Gasteiger partial charge in [-0.15, -0.1) is 0 Å². The van der Waals surface area contributed by atoms with Gasteiger partial charge in [-0.3, -0.25) is 4.57 Å². The summed E-state index contributed by atoms with van der Waals surface area (Å²) in [6, 6.07) is 9.26. The topological polar surface area (TPSA) is 71.1 Å². The summed E-state index contributed by atoms with van der Waals surface area (Å²) in [5.41, 5.74) is 0.852. The molecule has 0 saturated carbocycles. The van der Waals surface area contributed by atoms with Crippen molar-refractivity contribution in [3.8, 4) is 0 Å². The van der Waals surface area contributed by atoms with E-state index in [0.29, 0.717) is 0 Å². The van der Waals surface area contributed by atoms with Gasteiger partial charge in [0.2, 0.25) is 5.85 Å². The summed E-state index contributed by atoms with van der Waals surface area (Å²) >= 11 is 0. The van der Waals surface area contributed by atoms with E-state index in [4.69, 9.17) is 13.8 Å². The zero-order valence-electron chi connectivity index (χ0n) is 11.5. The molecule has 1 aromatic carbocycles. The number of methoxy groups -OCH3 is 1. The molecular weight excluding hydrogens is 283 g/mol. The maximum Gasteiger partial charge on any atom is 0.509 e. The summed E-state index contributed by atoms with van der Waals surface area (Å²) in [6.45, 7) is 0. The highest BCUT2D eigenvalue weighted by molar-refractivity contribution is 7.54. The van der Waals surface area contributed by atoms with Gasteiger partial charge in [0.05, 0.1) is 7.11 Å². The quantitative estimate of drug-likeness (QED) is 0.593. The fourth-order valence-corrected chi connectivity index (χ4v) is 2.47. The summed E-state index contributed by atoms with van der Waals surface area (Å²) < 4.78 is 31.3. The summed E-state index contributed by atoms with van der Waals surface area (Å²) in [4.78, 5) is 11.2. The second-order valence-corrected chi connectivity index (χ2v) is 5.96. The monoisotopic (exact) mass is 300 g/mol. The SMILES string of the molecule is COC(=O)OC(/C=C/c1ccccc1)P(=O)(OC)OC. The number of benzene rings is 1. The highest BCUT2D eigenvalue weighted by atomic mass is 31.2. The van der Waals surface area contributed by atoms with E-state index in [1.165, 1.54) is 20.3 Å². The Morgan fingerprint density at radius 3 is 2.25 bits per heavy atom. The van der Waals surface area contributed by atoms with Gasteiger partial charge in [-0.05, 0) is 11.6 Å². The average Bonchev–Trinajstić information content (AvgIpc) is 2.51. The first-order valence-electron chi connectivity index (χ1n) is 5.74. The number of hydrogen-bond acceptors (Lipinski definition) is 6. The lowest BCUT2D eigenvalue weighted by molar-refractivity contribution is 0.0628. The molecule has 0 heterocycles. The lowest BCUT2D eigenvalue weighted by Crippen LogP contribution is -2.18. The van der Waals surface area contributed by atoms with Crippen molar-refractivity contribution in [1.29, 1.82) is 0 Å². The minimum absolute atomic E-state index is 0.852. The predicted molar refractivity (Wildman–Crippen MR) is 74.4 cm³/mol. The summed E-state index contributed by atoms with van der Waals surface area (Å²) in [6.07, 6.45) is 2.11. The minimum Gasteiger partial charge on any atom is -0.438 e. The van der Waals surface area contributed by atoms with E-state index in [9.17, 15) is 9.36 Å². The molecule has 7 heteroatoms. The first-order valence-corrected chi connectivity index (χ1v) is 7.36. The first kappa shape index (κ1) is 16.4. The van der Waals surface area contributed by atoms with Gasteiger partial charge in [-0.1, -0.05) is 36.4 Å². The van der Waals surface area contributed by atoms with Gasteiger partial charge in [0.15, 0.2) is 0 Å². The van der Waals surface area contributed by atoms with Crippen molar-refractivity contribution >= 4 is 19.8 Å². The third-order valence-electron chi connectivity index (χ3n) is 2.46. The average molecular weight is 300 g/mol. The second-order valence-electron chi connectivity index (χ2n) is 3.64. The molecule has 0 N–H and O–H groups in total. The number of carbonyl (C=O) groups is 1. The molecule has 0 fully saturated rings. The van der Waals surface area contributed by atoms with Crippen LogP contribution in [0.15, 0.2) is 36.4 Å². The van der Waals surface area contributed by atoms with E-state index in [1.807, 2.05) is 30.3 Å². The Balaban J connectivity index is 2.96. The summed E-state index contributed by atoms with van der Waals surface area (Å²) in [7, 11) is -0.0145.